The van der Waals surface area contributed by atoms with Crippen molar-refractivity contribution in [2.75, 3.05) is 13.2 Å². The lowest BCUT2D eigenvalue weighted by atomic mass is 10.1. The van der Waals surface area contributed by atoms with E-state index in [0.29, 0.717) is 19.3 Å². The number of carbonyl (C=O) groups excluding carboxylic acids is 3. The number of esters is 3. The molecule has 0 aromatic heterocycles. The summed E-state index contributed by atoms with van der Waals surface area (Å²) in [6, 6.07) is 0. The molecule has 1 unspecified atom stereocenters. The fourth-order valence-corrected chi connectivity index (χ4v) is 8.11. The highest BCUT2D eigenvalue weighted by molar-refractivity contribution is 5.71. The van der Waals surface area contributed by atoms with Crippen molar-refractivity contribution < 1.29 is 28.6 Å². The molecule has 0 amide bonds. The van der Waals surface area contributed by atoms with Gasteiger partial charge in [-0.3, -0.25) is 14.4 Å². The molecule has 0 spiro atoms. The van der Waals surface area contributed by atoms with Crippen LogP contribution in [0.3, 0.4) is 0 Å². The topological polar surface area (TPSA) is 78.9 Å². The van der Waals surface area contributed by atoms with Crippen LogP contribution in [0.2, 0.25) is 0 Å². The van der Waals surface area contributed by atoms with Gasteiger partial charge in [-0.2, -0.15) is 0 Å². The number of hydrogen-bond donors (Lipinski definition) is 0. The molecule has 77 heavy (non-hydrogen) atoms. The fraction of sp³-hybridized carbons (Fsp3) is 0.620. The predicted octanol–water partition coefficient (Wildman–Crippen LogP) is 21.5. The van der Waals surface area contributed by atoms with Gasteiger partial charge in [-0.05, 0) is 141 Å². The largest absolute Gasteiger partial charge is 0.462 e. The Balaban J connectivity index is 4.48. The molecule has 0 saturated carbocycles. The Labute approximate surface area is 474 Å². The maximum atomic E-state index is 12.9. The number of rotatable bonds is 55. The van der Waals surface area contributed by atoms with E-state index in [1.54, 1.807) is 0 Å². The average molecular weight is 1060 g/mol. The molecular formula is C71H114O6. The summed E-state index contributed by atoms with van der Waals surface area (Å²) in [7, 11) is 0. The van der Waals surface area contributed by atoms with Gasteiger partial charge in [-0.1, -0.05) is 250 Å². The Morgan fingerprint density at radius 3 is 0.857 bits per heavy atom. The highest BCUT2D eigenvalue weighted by Gasteiger charge is 2.19. The monoisotopic (exact) mass is 1060 g/mol. The molecule has 0 heterocycles. The third-order valence-corrected chi connectivity index (χ3v) is 12.8. The standard InChI is InChI=1S/C71H114O6/c1-4-7-10-13-16-19-22-25-27-29-31-33-34-35-36-38-39-41-43-46-49-52-55-58-61-64-70(73)76-67-68(66-75-69(72)63-60-57-54-51-48-45-24-21-18-15-12-9-6-3)77-71(74)65-62-59-56-53-50-47-44-42-40-37-32-30-28-26-23-20-17-14-11-8-5-2/h7,10,12,15-16,19,21,23-27,30-33,35-36,39-42,46,49,68H,4-6,8-9,11,13-14,17-18,20,22,28-29,34,37-38,43-45,47-48,50-67H2,1-3H3/b10-7-,15-12-,19-16-,24-21-,26-23-,27-25-,32-30-,33-31-,36-35-,41-39-,42-40-,49-46-. The van der Waals surface area contributed by atoms with Gasteiger partial charge in [0.1, 0.15) is 13.2 Å². The van der Waals surface area contributed by atoms with Gasteiger partial charge in [-0.15, -0.1) is 0 Å². The Hall–Kier alpha value is -4.71. The molecule has 0 aliphatic carbocycles. The van der Waals surface area contributed by atoms with Crippen LogP contribution >= 0.6 is 0 Å². The van der Waals surface area contributed by atoms with E-state index in [1.807, 2.05) is 0 Å². The maximum Gasteiger partial charge on any atom is 0.306 e. The summed E-state index contributed by atoms with van der Waals surface area (Å²) in [4.78, 5) is 38.3. The van der Waals surface area contributed by atoms with Gasteiger partial charge < -0.3 is 14.2 Å². The van der Waals surface area contributed by atoms with Gasteiger partial charge >= 0.3 is 17.9 Å². The zero-order valence-electron chi connectivity index (χ0n) is 49.7. The normalized spacial score (nSPS) is 13.1. The van der Waals surface area contributed by atoms with E-state index >= 15 is 0 Å². The lowest BCUT2D eigenvalue weighted by Crippen LogP contribution is -2.30. The van der Waals surface area contributed by atoms with Crippen molar-refractivity contribution in [1.29, 1.82) is 0 Å². The van der Waals surface area contributed by atoms with E-state index in [2.05, 4.69) is 167 Å². The third kappa shape index (κ3) is 62.0. The molecule has 0 radical (unpaired) electrons. The minimum atomic E-state index is -0.813. The number of ether oxygens (including phenoxy) is 3. The SMILES string of the molecule is CC/C=C\C/C=C\C/C=C\C/C=C\C/C=C\C/C=C\C/C=C\CCCCCC(=O)OCC(COC(=O)CCCCCCC/C=C\C/C=C\CCC)OC(=O)CCCCCCCC/C=C\C/C=C\C/C=C\CCCCCCC. The second-order valence-corrected chi connectivity index (χ2v) is 20.2. The van der Waals surface area contributed by atoms with Crippen LogP contribution in [0.1, 0.15) is 265 Å². The highest BCUT2D eigenvalue weighted by atomic mass is 16.6. The molecular weight excluding hydrogens is 949 g/mol. The van der Waals surface area contributed by atoms with Gasteiger partial charge in [0.25, 0.3) is 0 Å². The van der Waals surface area contributed by atoms with E-state index in [9.17, 15) is 14.4 Å². The van der Waals surface area contributed by atoms with Crippen molar-refractivity contribution in [2.24, 2.45) is 0 Å². The molecule has 6 heteroatoms. The van der Waals surface area contributed by atoms with Crippen LogP contribution < -0.4 is 0 Å². The van der Waals surface area contributed by atoms with Crippen LogP contribution in [0.25, 0.3) is 0 Å². The van der Waals surface area contributed by atoms with E-state index in [1.165, 1.54) is 57.8 Å². The molecule has 0 N–H and O–H groups in total. The predicted molar refractivity (Wildman–Crippen MR) is 334 cm³/mol. The Kier molecular flexibility index (Phi) is 59.9. The van der Waals surface area contributed by atoms with Crippen molar-refractivity contribution in [3.05, 3.63) is 146 Å². The van der Waals surface area contributed by atoms with Gasteiger partial charge in [0.05, 0.1) is 0 Å². The Morgan fingerprint density at radius 2 is 0.532 bits per heavy atom. The summed E-state index contributed by atoms with van der Waals surface area (Å²) in [5.41, 5.74) is 0. The van der Waals surface area contributed by atoms with E-state index < -0.39 is 6.10 Å². The van der Waals surface area contributed by atoms with Gasteiger partial charge in [0, 0.05) is 19.3 Å². The summed E-state index contributed by atoms with van der Waals surface area (Å²) in [5, 5.41) is 0. The molecule has 0 fully saturated rings. The van der Waals surface area contributed by atoms with E-state index in [-0.39, 0.29) is 31.1 Å². The lowest BCUT2D eigenvalue weighted by Gasteiger charge is -2.18. The third-order valence-electron chi connectivity index (χ3n) is 12.8. The van der Waals surface area contributed by atoms with Gasteiger partial charge in [0.2, 0.25) is 0 Å². The van der Waals surface area contributed by atoms with Crippen molar-refractivity contribution >= 4 is 17.9 Å². The van der Waals surface area contributed by atoms with Crippen LogP contribution in [-0.2, 0) is 28.6 Å². The Morgan fingerprint density at radius 1 is 0.273 bits per heavy atom. The summed E-state index contributed by atoms with van der Waals surface area (Å²) in [6.07, 6.45) is 91.3. The first-order chi connectivity index (χ1) is 38.0. The number of unbranched alkanes of at least 4 members (excludes halogenated alkanes) is 20. The van der Waals surface area contributed by atoms with E-state index in [4.69, 9.17) is 14.2 Å². The van der Waals surface area contributed by atoms with Crippen molar-refractivity contribution in [2.45, 2.75) is 271 Å². The van der Waals surface area contributed by atoms with E-state index in [0.717, 1.165) is 167 Å². The van der Waals surface area contributed by atoms with Crippen molar-refractivity contribution in [3.63, 3.8) is 0 Å². The number of allylic oxidation sites excluding steroid dienone is 24. The fourth-order valence-electron chi connectivity index (χ4n) is 8.11. The van der Waals surface area contributed by atoms with Crippen LogP contribution in [0.15, 0.2) is 146 Å². The molecule has 0 saturated heterocycles. The second-order valence-electron chi connectivity index (χ2n) is 20.2. The first-order valence-corrected chi connectivity index (χ1v) is 31.3. The average Bonchev–Trinajstić information content (AvgIpc) is 3.43. The minimum Gasteiger partial charge on any atom is -0.462 e. The summed E-state index contributed by atoms with van der Waals surface area (Å²) < 4.78 is 16.9. The molecule has 0 aliphatic rings. The zero-order valence-corrected chi connectivity index (χ0v) is 49.7. The Bertz CT molecular complexity index is 1700. The molecule has 0 aromatic rings. The summed E-state index contributed by atoms with van der Waals surface area (Å²) >= 11 is 0. The molecule has 0 rings (SSSR count). The minimum absolute atomic E-state index is 0.107. The summed E-state index contributed by atoms with van der Waals surface area (Å²) in [5.74, 6) is -0.969. The molecule has 0 aromatic carbocycles. The molecule has 0 bridgehead atoms. The first kappa shape index (κ1) is 72.3. The van der Waals surface area contributed by atoms with Gasteiger partial charge in [-0.25, -0.2) is 0 Å². The number of carbonyl (C=O) groups is 3. The molecule has 0 aliphatic heterocycles. The smallest absolute Gasteiger partial charge is 0.306 e. The molecule has 1 atom stereocenters. The lowest BCUT2D eigenvalue weighted by molar-refractivity contribution is -0.167. The number of hydrogen-bond acceptors (Lipinski definition) is 6. The highest BCUT2D eigenvalue weighted by Crippen LogP contribution is 2.14. The van der Waals surface area contributed by atoms with Crippen LogP contribution in [0.5, 0.6) is 0 Å². The molecule has 434 valence electrons. The molecule has 6 nitrogen and oxygen atoms in total. The van der Waals surface area contributed by atoms with Crippen LogP contribution in [0.4, 0.5) is 0 Å². The van der Waals surface area contributed by atoms with Crippen LogP contribution in [0, 0.1) is 0 Å². The van der Waals surface area contributed by atoms with Crippen molar-refractivity contribution in [3.8, 4) is 0 Å². The zero-order chi connectivity index (χ0) is 55.7. The maximum absolute atomic E-state index is 12.9. The first-order valence-electron chi connectivity index (χ1n) is 31.3. The summed E-state index contributed by atoms with van der Waals surface area (Å²) in [6.45, 7) is 6.40. The quantitative estimate of drug-likeness (QED) is 0.0261. The van der Waals surface area contributed by atoms with Crippen molar-refractivity contribution in [1.82, 2.24) is 0 Å². The second kappa shape index (κ2) is 63.8. The van der Waals surface area contributed by atoms with Gasteiger partial charge in [0.15, 0.2) is 6.10 Å². The van der Waals surface area contributed by atoms with Crippen LogP contribution in [-0.4, -0.2) is 37.2 Å².